The van der Waals surface area contributed by atoms with E-state index < -0.39 is 6.36 Å². The summed E-state index contributed by atoms with van der Waals surface area (Å²) < 4.78 is 60.3. The van der Waals surface area contributed by atoms with Gasteiger partial charge in [-0.25, -0.2) is 9.37 Å². The minimum absolute atomic E-state index is 0.153. The number of aromatic nitrogens is 1. The zero-order chi connectivity index (χ0) is 28.8. The number of ether oxygens (including phenoxy) is 2. The SMILES string of the molecule is O=C(c1cccc(-c2ccc(Oc3ccc(F)cc3)cc2)n1)N1CCN(CCc2cccc(OC(F)(F)F)c2)CC1. The van der Waals surface area contributed by atoms with Crippen LogP contribution in [0.4, 0.5) is 17.6 Å². The van der Waals surface area contributed by atoms with Crippen molar-refractivity contribution in [3.05, 3.63) is 108 Å². The molecule has 6 nitrogen and oxygen atoms in total. The van der Waals surface area contributed by atoms with E-state index in [1.54, 1.807) is 53.4 Å². The van der Waals surface area contributed by atoms with E-state index in [1.165, 1.54) is 24.3 Å². The number of alkyl halides is 3. The molecule has 212 valence electrons. The van der Waals surface area contributed by atoms with Gasteiger partial charge in [-0.3, -0.25) is 9.69 Å². The van der Waals surface area contributed by atoms with E-state index in [1.807, 2.05) is 18.2 Å². The number of carbonyl (C=O) groups is 1. The summed E-state index contributed by atoms with van der Waals surface area (Å²) in [5.74, 6) is 0.398. The third-order valence-electron chi connectivity index (χ3n) is 6.68. The molecular formula is C31H27F4N3O3. The van der Waals surface area contributed by atoms with Gasteiger partial charge >= 0.3 is 6.36 Å². The van der Waals surface area contributed by atoms with E-state index in [2.05, 4.69) is 14.6 Å². The maximum atomic E-state index is 13.2. The maximum absolute atomic E-state index is 13.2. The Morgan fingerprint density at radius 3 is 2.15 bits per heavy atom. The van der Waals surface area contributed by atoms with E-state index in [4.69, 9.17) is 4.74 Å². The summed E-state index contributed by atoms with van der Waals surface area (Å²) in [7, 11) is 0. The lowest BCUT2D eigenvalue weighted by molar-refractivity contribution is -0.274. The van der Waals surface area contributed by atoms with Gasteiger partial charge in [-0.05, 0) is 84.8 Å². The summed E-state index contributed by atoms with van der Waals surface area (Å²) in [6.45, 7) is 3.01. The van der Waals surface area contributed by atoms with Crippen LogP contribution in [0.5, 0.6) is 17.2 Å². The Kier molecular flexibility index (Phi) is 8.49. The van der Waals surface area contributed by atoms with Crippen molar-refractivity contribution in [2.24, 2.45) is 0 Å². The van der Waals surface area contributed by atoms with E-state index >= 15 is 0 Å². The van der Waals surface area contributed by atoms with E-state index in [0.717, 1.165) is 11.1 Å². The maximum Gasteiger partial charge on any atom is 0.573 e. The largest absolute Gasteiger partial charge is 0.573 e. The molecule has 41 heavy (non-hydrogen) atoms. The Morgan fingerprint density at radius 2 is 1.46 bits per heavy atom. The summed E-state index contributed by atoms with van der Waals surface area (Å²) in [4.78, 5) is 21.7. The summed E-state index contributed by atoms with van der Waals surface area (Å²) in [6.07, 6.45) is -4.15. The van der Waals surface area contributed by atoms with Crippen LogP contribution in [0.2, 0.25) is 0 Å². The van der Waals surface area contributed by atoms with Gasteiger partial charge in [0.1, 0.15) is 28.8 Å². The molecule has 0 bridgehead atoms. The molecular weight excluding hydrogens is 538 g/mol. The predicted molar refractivity (Wildman–Crippen MR) is 145 cm³/mol. The number of carbonyl (C=O) groups excluding carboxylic acids is 1. The van der Waals surface area contributed by atoms with Crippen molar-refractivity contribution in [2.45, 2.75) is 12.8 Å². The molecule has 0 N–H and O–H groups in total. The monoisotopic (exact) mass is 565 g/mol. The number of piperazine rings is 1. The van der Waals surface area contributed by atoms with Crippen LogP contribution in [-0.4, -0.2) is 59.8 Å². The highest BCUT2D eigenvalue weighted by Gasteiger charge is 2.31. The number of hydrogen-bond donors (Lipinski definition) is 0. The van der Waals surface area contributed by atoms with Crippen LogP contribution < -0.4 is 9.47 Å². The second kappa shape index (κ2) is 12.4. The van der Waals surface area contributed by atoms with Gasteiger partial charge in [0, 0.05) is 38.3 Å². The third kappa shape index (κ3) is 7.82. The molecule has 1 saturated heterocycles. The van der Waals surface area contributed by atoms with Gasteiger partial charge in [0.25, 0.3) is 5.91 Å². The highest BCUT2D eigenvalue weighted by atomic mass is 19.4. The molecule has 0 radical (unpaired) electrons. The Balaban J connectivity index is 1.14. The fourth-order valence-electron chi connectivity index (χ4n) is 4.57. The predicted octanol–water partition coefficient (Wildman–Crippen LogP) is 6.58. The van der Waals surface area contributed by atoms with E-state index in [0.29, 0.717) is 62.0 Å². The molecule has 3 aromatic carbocycles. The number of halogens is 4. The fourth-order valence-corrected chi connectivity index (χ4v) is 4.57. The van der Waals surface area contributed by atoms with Gasteiger partial charge in [0.05, 0.1) is 5.69 Å². The number of pyridine rings is 1. The van der Waals surface area contributed by atoms with Gasteiger partial charge < -0.3 is 14.4 Å². The standard InChI is InChI=1S/C31H27F4N3O3/c32-24-9-13-26(14-10-24)40-25-11-7-23(8-12-25)28-5-2-6-29(36-28)30(39)38-19-17-37(18-20-38)16-15-22-3-1-4-27(21-22)41-31(33,34)35/h1-14,21H,15-20H2. The van der Waals surface area contributed by atoms with Crippen LogP contribution in [0.25, 0.3) is 11.3 Å². The highest BCUT2D eigenvalue weighted by Crippen LogP contribution is 2.26. The fraction of sp³-hybridized carbons (Fsp3) is 0.226. The van der Waals surface area contributed by atoms with E-state index in [9.17, 15) is 22.4 Å². The van der Waals surface area contributed by atoms with Gasteiger partial charge in [-0.2, -0.15) is 0 Å². The molecule has 0 spiro atoms. The van der Waals surface area contributed by atoms with Crippen LogP contribution in [0.15, 0.2) is 91.0 Å². The zero-order valence-corrected chi connectivity index (χ0v) is 22.0. The average molecular weight is 566 g/mol. The first kappa shape index (κ1) is 28.1. The number of nitrogens with zero attached hydrogens (tertiary/aromatic N) is 3. The number of benzene rings is 3. The molecule has 1 aliphatic heterocycles. The van der Waals surface area contributed by atoms with Crippen LogP contribution in [0.1, 0.15) is 16.1 Å². The second-order valence-corrected chi connectivity index (χ2v) is 9.57. The smallest absolute Gasteiger partial charge is 0.457 e. The lowest BCUT2D eigenvalue weighted by atomic mass is 10.1. The topological polar surface area (TPSA) is 54.9 Å². The van der Waals surface area contributed by atoms with Gasteiger partial charge in [0.2, 0.25) is 0 Å². The molecule has 1 aromatic heterocycles. The minimum Gasteiger partial charge on any atom is -0.457 e. The van der Waals surface area contributed by atoms with Crippen LogP contribution in [-0.2, 0) is 6.42 Å². The molecule has 0 unspecified atom stereocenters. The Hall–Kier alpha value is -4.44. The summed E-state index contributed by atoms with van der Waals surface area (Å²) in [5, 5.41) is 0. The molecule has 1 amide bonds. The third-order valence-corrected chi connectivity index (χ3v) is 6.68. The van der Waals surface area contributed by atoms with Crippen molar-refractivity contribution in [1.29, 1.82) is 0 Å². The Bertz CT molecular complexity index is 1470. The van der Waals surface area contributed by atoms with Crippen molar-refractivity contribution >= 4 is 5.91 Å². The first-order valence-corrected chi connectivity index (χ1v) is 13.1. The normalized spacial score (nSPS) is 14.1. The Morgan fingerprint density at radius 1 is 0.805 bits per heavy atom. The van der Waals surface area contributed by atoms with Gasteiger partial charge in [0.15, 0.2) is 0 Å². The summed E-state index contributed by atoms with van der Waals surface area (Å²) in [5.41, 5.74) is 2.57. The number of amides is 1. The summed E-state index contributed by atoms with van der Waals surface area (Å²) in [6, 6.07) is 24.3. The first-order chi connectivity index (χ1) is 19.7. The molecule has 0 atom stereocenters. The van der Waals surface area contributed by atoms with Crippen molar-refractivity contribution < 1.29 is 31.8 Å². The highest BCUT2D eigenvalue weighted by molar-refractivity contribution is 5.93. The van der Waals surface area contributed by atoms with Crippen LogP contribution in [0, 0.1) is 5.82 Å². The van der Waals surface area contributed by atoms with Crippen molar-refractivity contribution in [1.82, 2.24) is 14.8 Å². The molecule has 0 saturated carbocycles. The molecule has 10 heteroatoms. The molecule has 2 heterocycles. The number of rotatable bonds is 8. The van der Waals surface area contributed by atoms with Crippen molar-refractivity contribution in [3.8, 4) is 28.5 Å². The quantitative estimate of drug-likeness (QED) is 0.226. The van der Waals surface area contributed by atoms with Gasteiger partial charge in [-0.1, -0.05) is 18.2 Å². The van der Waals surface area contributed by atoms with Crippen molar-refractivity contribution in [3.63, 3.8) is 0 Å². The van der Waals surface area contributed by atoms with Gasteiger partial charge in [-0.15, -0.1) is 13.2 Å². The molecule has 1 aliphatic rings. The first-order valence-electron chi connectivity index (χ1n) is 13.1. The minimum atomic E-state index is -4.72. The van der Waals surface area contributed by atoms with Crippen molar-refractivity contribution in [2.75, 3.05) is 32.7 Å². The average Bonchev–Trinajstić information content (AvgIpc) is 2.97. The molecule has 5 rings (SSSR count). The zero-order valence-electron chi connectivity index (χ0n) is 22.0. The summed E-state index contributed by atoms with van der Waals surface area (Å²) >= 11 is 0. The van der Waals surface area contributed by atoms with Crippen LogP contribution in [0.3, 0.4) is 0 Å². The molecule has 4 aromatic rings. The lowest BCUT2D eigenvalue weighted by Gasteiger charge is -2.34. The molecule has 1 fully saturated rings. The molecule has 0 aliphatic carbocycles. The Labute approximate surface area is 234 Å². The number of hydrogen-bond acceptors (Lipinski definition) is 5. The second-order valence-electron chi connectivity index (χ2n) is 9.57. The van der Waals surface area contributed by atoms with E-state index in [-0.39, 0.29) is 17.5 Å². The lowest BCUT2D eigenvalue weighted by Crippen LogP contribution is -2.49. The van der Waals surface area contributed by atoms with Crippen LogP contribution >= 0.6 is 0 Å².